The molecule has 3 aromatic rings. The summed E-state index contributed by atoms with van der Waals surface area (Å²) < 4.78 is 28.8. The highest BCUT2D eigenvalue weighted by atomic mass is 19.1. The van der Waals surface area contributed by atoms with Gasteiger partial charge in [-0.1, -0.05) is 38.1 Å². The van der Waals surface area contributed by atoms with Crippen molar-refractivity contribution in [2.24, 2.45) is 46.3 Å². The first-order valence-electron chi connectivity index (χ1n) is 23.3. The lowest BCUT2D eigenvalue weighted by molar-refractivity contribution is -0.131. The fourth-order valence-corrected chi connectivity index (χ4v) is 14.2. The Kier molecular flexibility index (Phi) is 11.5. The standard InChI is InChI=1S/C26H30FN3O2.C25H32FNO2/c1-15-6-10-23(30-29-15)28-24(32)11-7-16-14-22(31)26(2)13-12-18-17-4-3-5-21(27)19(17)8-9-20(18)25(16)26;1-25-12-11-18-17-5-4-6-21(26)19(17)8-9-20(18)24(25)16(15-22(25)28)7-10-23(29)27-13-2-3-14-27/h3-6,10,16,18,20,25H,7-9,11-14H2,1-2H3,(H,28,30,32);4-6,16,18,20,24H,2-3,7-15H2,1H3/t16-,18?,20?,25?,26-;16-,18?,20?,24?,25-/m11/s1. The van der Waals surface area contributed by atoms with Crippen LogP contribution < -0.4 is 5.32 Å². The molecule has 8 nitrogen and oxygen atoms in total. The number of rotatable bonds is 7. The zero-order valence-corrected chi connectivity index (χ0v) is 36.2. The molecule has 10 atom stereocenters. The predicted octanol–water partition coefficient (Wildman–Crippen LogP) is 9.87. The van der Waals surface area contributed by atoms with Crippen LogP contribution in [0, 0.1) is 64.9 Å². The van der Waals surface area contributed by atoms with Crippen molar-refractivity contribution in [1.82, 2.24) is 15.1 Å². The SMILES string of the molecule is C[C@]12CCC3c4cccc(F)c4CCC3C1[C@H](CCC(=O)N1CCCC1)CC2=O.Cc1ccc(NC(=O)CC[C@@H]2CC(=O)[C@@]3(C)CCC4c5cccc(F)c5CCC4C23)nn1. The molecule has 1 aliphatic heterocycles. The zero-order valence-electron chi connectivity index (χ0n) is 36.2. The van der Waals surface area contributed by atoms with E-state index in [1.54, 1.807) is 18.2 Å². The number of hydrogen-bond acceptors (Lipinski definition) is 6. The van der Waals surface area contributed by atoms with Gasteiger partial charge in [0.2, 0.25) is 11.8 Å². The number of halogens is 2. The summed E-state index contributed by atoms with van der Waals surface area (Å²) in [6.07, 6.45) is 13.0. The molecule has 61 heavy (non-hydrogen) atoms. The molecule has 2 aromatic carbocycles. The highest BCUT2D eigenvalue weighted by molar-refractivity contribution is 5.90. The summed E-state index contributed by atoms with van der Waals surface area (Å²) in [6, 6.07) is 14.6. The fourth-order valence-electron chi connectivity index (χ4n) is 14.2. The van der Waals surface area contributed by atoms with Crippen LogP contribution in [0.25, 0.3) is 0 Å². The number of anilines is 1. The Hall–Kier alpha value is -4.34. The molecule has 0 spiro atoms. The van der Waals surface area contributed by atoms with E-state index in [0.29, 0.717) is 85.0 Å². The molecule has 1 N–H and O–H groups in total. The monoisotopic (exact) mass is 832 g/mol. The number of likely N-dealkylation sites (tertiary alicyclic amines) is 1. The third-order valence-corrected chi connectivity index (χ3v) is 17.1. The predicted molar refractivity (Wildman–Crippen MR) is 229 cm³/mol. The molecule has 5 fully saturated rings. The number of nitrogens with one attached hydrogen (secondary N) is 1. The number of fused-ring (bicyclic) bond motifs is 10. The molecular weight excluding hydrogens is 771 g/mol. The molecule has 324 valence electrons. The Balaban J connectivity index is 0.000000157. The van der Waals surface area contributed by atoms with Crippen LogP contribution in [0.15, 0.2) is 48.5 Å². The van der Waals surface area contributed by atoms with E-state index in [9.17, 15) is 28.0 Å². The lowest BCUT2D eigenvalue weighted by Crippen LogP contribution is -2.44. The van der Waals surface area contributed by atoms with Gasteiger partial charge in [0, 0.05) is 49.6 Å². The van der Waals surface area contributed by atoms with Crippen molar-refractivity contribution in [1.29, 1.82) is 0 Å². The normalized spacial score (nSPS) is 33.3. The average molecular weight is 833 g/mol. The molecule has 7 aliphatic rings. The van der Waals surface area contributed by atoms with Crippen molar-refractivity contribution in [3.63, 3.8) is 0 Å². The van der Waals surface area contributed by atoms with Crippen molar-refractivity contribution < 1.29 is 28.0 Å². The summed E-state index contributed by atoms with van der Waals surface area (Å²) in [5.41, 5.74) is 4.36. The van der Waals surface area contributed by atoms with Gasteiger partial charge >= 0.3 is 0 Å². The van der Waals surface area contributed by atoms with E-state index >= 15 is 0 Å². The van der Waals surface area contributed by atoms with Crippen molar-refractivity contribution in [3.8, 4) is 0 Å². The number of carbonyl (C=O) groups excluding carboxylic acids is 4. The number of amides is 2. The Morgan fingerprint density at radius 1 is 0.721 bits per heavy atom. The molecule has 1 aromatic heterocycles. The fraction of sp³-hybridized carbons (Fsp3) is 0.608. The van der Waals surface area contributed by atoms with E-state index in [0.717, 1.165) is 106 Å². The lowest BCUT2D eigenvalue weighted by atomic mass is 9.54. The molecular formula is C51H62F2N4O4. The average Bonchev–Trinajstić information content (AvgIpc) is 3.95. The summed E-state index contributed by atoms with van der Waals surface area (Å²) in [7, 11) is 0. The van der Waals surface area contributed by atoms with Crippen LogP contribution in [-0.2, 0) is 32.0 Å². The first-order valence-corrected chi connectivity index (χ1v) is 23.3. The van der Waals surface area contributed by atoms with Gasteiger partial charge in [-0.25, -0.2) is 8.78 Å². The van der Waals surface area contributed by atoms with Gasteiger partial charge in [0.05, 0.1) is 5.69 Å². The summed E-state index contributed by atoms with van der Waals surface area (Å²) >= 11 is 0. The second kappa shape index (κ2) is 16.7. The van der Waals surface area contributed by atoms with Gasteiger partial charge in [0.25, 0.3) is 0 Å². The van der Waals surface area contributed by atoms with Gasteiger partial charge in [-0.15, -0.1) is 5.10 Å². The van der Waals surface area contributed by atoms with E-state index in [-0.39, 0.29) is 46.1 Å². The molecule has 4 saturated carbocycles. The van der Waals surface area contributed by atoms with Crippen molar-refractivity contribution in [3.05, 3.63) is 88.1 Å². The number of benzene rings is 2. The first-order chi connectivity index (χ1) is 29.4. The van der Waals surface area contributed by atoms with Gasteiger partial charge in [-0.05, 0) is 178 Å². The van der Waals surface area contributed by atoms with E-state index in [4.69, 9.17) is 0 Å². The minimum absolute atomic E-state index is 0.0652. The van der Waals surface area contributed by atoms with Crippen molar-refractivity contribution in [2.45, 2.75) is 135 Å². The van der Waals surface area contributed by atoms with Crippen LogP contribution in [0.1, 0.15) is 144 Å². The maximum absolute atomic E-state index is 14.4. The summed E-state index contributed by atoms with van der Waals surface area (Å²) in [6.45, 7) is 7.97. The van der Waals surface area contributed by atoms with Gasteiger partial charge in [-0.3, -0.25) is 19.2 Å². The molecule has 10 rings (SSSR count). The van der Waals surface area contributed by atoms with Crippen LogP contribution in [0.4, 0.5) is 14.6 Å². The minimum atomic E-state index is -0.310. The molecule has 2 heterocycles. The molecule has 6 unspecified atom stereocenters. The maximum Gasteiger partial charge on any atom is 0.225 e. The molecule has 0 bridgehead atoms. The number of Topliss-reactive ketones (excluding diaryl/α,β-unsaturated/α-hetero) is 2. The topological polar surface area (TPSA) is 109 Å². The third kappa shape index (κ3) is 7.66. The number of aryl methyl sites for hydroxylation is 1. The van der Waals surface area contributed by atoms with Crippen LogP contribution in [-0.4, -0.2) is 51.6 Å². The Labute approximate surface area is 359 Å². The van der Waals surface area contributed by atoms with E-state index in [1.165, 1.54) is 5.56 Å². The minimum Gasteiger partial charge on any atom is -0.343 e. The zero-order chi connectivity index (χ0) is 42.6. The molecule has 1 saturated heterocycles. The van der Waals surface area contributed by atoms with E-state index in [2.05, 4.69) is 41.5 Å². The van der Waals surface area contributed by atoms with Gasteiger partial charge in [-0.2, -0.15) is 5.10 Å². The number of nitrogens with zero attached hydrogens (tertiary/aromatic N) is 3. The van der Waals surface area contributed by atoms with Gasteiger partial charge in [0.1, 0.15) is 23.2 Å². The lowest BCUT2D eigenvalue weighted by Gasteiger charge is -2.50. The van der Waals surface area contributed by atoms with Gasteiger partial charge in [0.15, 0.2) is 5.82 Å². The maximum atomic E-state index is 14.4. The summed E-state index contributed by atoms with van der Waals surface area (Å²) in [4.78, 5) is 53.3. The highest BCUT2D eigenvalue weighted by Gasteiger charge is 2.60. The Morgan fingerprint density at radius 2 is 1.25 bits per heavy atom. The van der Waals surface area contributed by atoms with Crippen LogP contribution in [0.2, 0.25) is 0 Å². The molecule has 2 amide bonds. The Bertz CT molecular complexity index is 2190. The number of aromatic nitrogens is 2. The summed E-state index contributed by atoms with van der Waals surface area (Å²) in [5, 5.41) is 10.8. The first kappa shape index (κ1) is 42.0. The summed E-state index contributed by atoms with van der Waals surface area (Å²) in [5.74, 6) is 3.86. The van der Waals surface area contributed by atoms with E-state index < -0.39 is 0 Å². The third-order valence-electron chi connectivity index (χ3n) is 17.1. The number of hydrogen-bond donors (Lipinski definition) is 1. The highest BCUT2D eigenvalue weighted by Crippen LogP contribution is 2.63. The van der Waals surface area contributed by atoms with Crippen LogP contribution in [0.5, 0.6) is 0 Å². The van der Waals surface area contributed by atoms with Crippen molar-refractivity contribution in [2.75, 3.05) is 18.4 Å². The van der Waals surface area contributed by atoms with E-state index in [1.807, 2.05) is 30.0 Å². The second-order valence-electron chi connectivity index (χ2n) is 20.2. The van der Waals surface area contributed by atoms with Crippen molar-refractivity contribution >= 4 is 29.2 Å². The largest absolute Gasteiger partial charge is 0.343 e. The number of carbonyl (C=O) groups is 4. The molecule has 6 aliphatic carbocycles. The smallest absolute Gasteiger partial charge is 0.225 e. The number of ketones is 2. The second-order valence-corrected chi connectivity index (χ2v) is 20.2. The Morgan fingerprint density at radius 3 is 1.75 bits per heavy atom. The molecule has 10 heteroatoms. The quantitative estimate of drug-likeness (QED) is 0.254. The van der Waals surface area contributed by atoms with Gasteiger partial charge < -0.3 is 10.2 Å². The van der Waals surface area contributed by atoms with Crippen LogP contribution >= 0.6 is 0 Å². The molecule has 0 radical (unpaired) electrons. The van der Waals surface area contributed by atoms with Crippen LogP contribution in [0.3, 0.4) is 0 Å².